The van der Waals surface area contributed by atoms with E-state index in [4.69, 9.17) is 4.74 Å². The summed E-state index contributed by atoms with van der Waals surface area (Å²) in [5.74, 6) is 0.823. The fourth-order valence-corrected chi connectivity index (χ4v) is 2.49. The normalized spacial score (nSPS) is 11.2. The van der Waals surface area contributed by atoms with Gasteiger partial charge in [0.05, 0.1) is 17.7 Å². The molecule has 2 N–H and O–H groups in total. The molecule has 1 aromatic heterocycles. The molecule has 0 radical (unpaired) electrons. The van der Waals surface area contributed by atoms with Crippen LogP contribution in [0.3, 0.4) is 0 Å². The van der Waals surface area contributed by atoms with Gasteiger partial charge in [-0.1, -0.05) is 12.1 Å². The zero-order valence-corrected chi connectivity index (χ0v) is 15.7. The summed E-state index contributed by atoms with van der Waals surface area (Å²) >= 11 is 0. The molecule has 0 amide bonds. The van der Waals surface area contributed by atoms with Crippen molar-refractivity contribution in [3.8, 4) is 5.75 Å². The number of hydrazone groups is 1. The summed E-state index contributed by atoms with van der Waals surface area (Å²) in [6.45, 7) is 1.72. The maximum absolute atomic E-state index is 12.2. The monoisotopic (exact) mass is 394 g/mol. The molecular formula is C19H18N6O4. The fraction of sp³-hybridized carbons (Fsp3) is 0.158. The van der Waals surface area contributed by atoms with Gasteiger partial charge in [0.25, 0.3) is 11.2 Å². The fourth-order valence-electron chi connectivity index (χ4n) is 2.49. The van der Waals surface area contributed by atoms with Crippen molar-refractivity contribution in [3.63, 3.8) is 0 Å². The van der Waals surface area contributed by atoms with Gasteiger partial charge in [0.2, 0.25) is 5.95 Å². The van der Waals surface area contributed by atoms with Gasteiger partial charge in [0.1, 0.15) is 11.4 Å². The number of nitro groups is 1. The lowest BCUT2D eigenvalue weighted by molar-refractivity contribution is -0.384. The molecule has 2 aromatic carbocycles. The van der Waals surface area contributed by atoms with Crippen LogP contribution in [-0.4, -0.2) is 32.9 Å². The number of nitrogens with one attached hydrogen (secondary N) is 2. The van der Waals surface area contributed by atoms with Crippen molar-refractivity contribution >= 4 is 17.3 Å². The lowest BCUT2D eigenvalue weighted by Gasteiger charge is -2.04. The zero-order chi connectivity index (χ0) is 20.8. The number of methoxy groups -OCH3 is 1. The summed E-state index contributed by atoms with van der Waals surface area (Å²) < 4.78 is 5.11. The van der Waals surface area contributed by atoms with Crippen molar-refractivity contribution in [3.05, 3.63) is 85.8 Å². The first kappa shape index (κ1) is 19.7. The number of aromatic amines is 1. The number of hydrogen-bond acceptors (Lipinski definition) is 8. The minimum absolute atomic E-state index is 0.00263. The number of non-ortho nitro benzene ring substituents is 1. The van der Waals surface area contributed by atoms with Crippen LogP contribution in [0.2, 0.25) is 0 Å². The summed E-state index contributed by atoms with van der Waals surface area (Å²) in [5.41, 5.74) is 4.68. The van der Waals surface area contributed by atoms with Gasteiger partial charge in [-0.15, -0.1) is 10.2 Å². The minimum atomic E-state index is -0.470. The number of rotatable bonds is 7. The molecule has 0 aliphatic carbocycles. The third-order valence-electron chi connectivity index (χ3n) is 4.12. The number of aromatic nitrogens is 3. The maximum Gasteiger partial charge on any atom is 0.274 e. The van der Waals surface area contributed by atoms with E-state index in [1.165, 1.54) is 12.1 Å². The van der Waals surface area contributed by atoms with Crippen LogP contribution in [0.15, 0.2) is 58.4 Å². The SMILES string of the molecule is COc1ccc(Cc2nnc(N/N=C(/C)c3ccc([N+](=O)[O-])cc3)[nH]c2=O)cc1. The van der Waals surface area contributed by atoms with Crippen molar-refractivity contribution in [2.75, 3.05) is 12.5 Å². The van der Waals surface area contributed by atoms with Gasteiger partial charge in [0.15, 0.2) is 0 Å². The molecule has 10 nitrogen and oxygen atoms in total. The van der Waals surface area contributed by atoms with Crippen LogP contribution < -0.4 is 15.7 Å². The van der Waals surface area contributed by atoms with E-state index in [0.717, 1.165) is 11.3 Å². The topological polar surface area (TPSA) is 135 Å². The van der Waals surface area contributed by atoms with E-state index in [1.807, 2.05) is 24.3 Å². The van der Waals surface area contributed by atoms with Crippen LogP contribution in [0, 0.1) is 10.1 Å². The summed E-state index contributed by atoms with van der Waals surface area (Å²) in [7, 11) is 1.59. The largest absolute Gasteiger partial charge is 0.497 e. The van der Waals surface area contributed by atoms with Crippen molar-refractivity contribution in [1.29, 1.82) is 0 Å². The van der Waals surface area contributed by atoms with Crippen LogP contribution in [0.4, 0.5) is 11.6 Å². The predicted molar refractivity (Wildman–Crippen MR) is 107 cm³/mol. The number of nitro benzene ring substituents is 1. The molecule has 0 unspecified atom stereocenters. The Bertz CT molecular complexity index is 1090. The van der Waals surface area contributed by atoms with Crippen molar-refractivity contribution in [1.82, 2.24) is 15.2 Å². The van der Waals surface area contributed by atoms with Crippen LogP contribution in [0.5, 0.6) is 5.75 Å². The summed E-state index contributed by atoms with van der Waals surface area (Å²) in [6, 6.07) is 13.3. The average Bonchev–Trinajstić information content (AvgIpc) is 2.74. The zero-order valence-electron chi connectivity index (χ0n) is 15.7. The molecule has 0 fully saturated rings. The molecule has 29 heavy (non-hydrogen) atoms. The Morgan fingerprint density at radius 2 is 1.86 bits per heavy atom. The first-order valence-electron chi connectivity index (χ1n) is 8.60. The van der Waals surface area contributed by atoms with Crippen molar-refractivity contribution in [2.45, 2.75) is 13.3 Å². The third-order valence-corrected chi connectivity index (χ3v) is 4.12. The van der Waals surface area contributed by atoms with Crippen LogP contribution in [0.25, 0.3) is 0 Å². The van der Waals surface area contributed by atoms with E-state index in [0.29, 0.717) is 17.7 Å². The number of anilines is 1. The van der Waals surface area contributed by atoms with E-state index in [9.17, 15) is 14.9 Å². The van der Waals surface area contributed by atoms with Crippen molar-refractivity contribution in [2.24, 2.45) is 5.10 Å². The van der Waals surface area contributed by atoms with E-state index >= 15 is 0 Å². The highest BCUT2D eigenvalue weighted by Gasteiger charge is 2.08. The number of benzene rings is 2. The molecule has 1 heterocycles. The van der Waals surface area contributed by atoms with Crippen LogP contribution >= 0.6 is 0 Å². The Labute approximate surface area is 165 Å². The van der Waals surface area contributed by atoms with E-state index in [1.54, 1.807) is 26.2 Å². The molecule has 3 aromatic rings. The first-order chi connectivity index (χ1) is 14.0. The average molecular weight is 394 g/mol. The molecule has 148 valence electrons. The molecule has 0 bridgehead atoms. The van der Waals surface area contributed by atoms with Gasteiger partial charge in [-0.05, 0) is 42.3 Å². The Kier molecular flexibility index (Phi) is 5.93. The molecule has 0 saturated heterocycles. The smallest absolute Gasteiger partial charge is 0.274 e. The highest BCUT2D eigenvalue weighted by atomic mass is 16.6. The van der Waals surface area contributed by atoms with Crippen molar-refractivity contribution < 1.29 is 9.66 Å². The molecular weight excluding hydrogens is 376 g/mol. The van der Waals surface area contributed by atoms with Crippen LogP contribution in [-0.2, 0) is 6.42 Å². The molecule has 0 aliphatic heterocycles. The second-order valence-electron chi connectivity index (χ2n) is 6.09. The quantitative estimate of drug-likeness (QED) is 0.357. The van der Waals surface area contributed by atoms with Gasteiger partial charge < -0.3 is 4.74 Å². The number of hydrogen-bond donors (Lipinski definition) is 2. The molecule has 0 atom stereocenters. The van der Waals surface area contributed by atoms with Gasteiger partial charge >= 0.3 is 0 Å². The lowest BCUT2D eigenvalue weighted by atomic mass is 10.1. The predicted octanol–water partition coefficient (Wildman–Crippen LogP) is 2.51. The van der Waals surface area contributed by atoms with Crippen LogP contribution in [0.1, 0.15) is 23.7 Å². The first-order valence-corrected chi connectivity index (χ1v) is 8.60. The molecule has 0 aliphatic rings. The van der Waals surface area contributed by atoms with E-state index < -0.39 is 4.92 Å². The highest BCUT2D eigenvalue weighted by molar-refractivity contribution is 5.99. The Morgan fingerprint density at radius 1 is 1.17 bits per heavy atom. The number of ether oxygens (including phenoxy) is 1. The summed E-state index contributed by atoms with van der Waals surface area (Å²) in [4.78, 5) is 25.1. The summed E-state index contributed by atoms with van der Waals surface area (Å²) in [6.07, 6.45) is 0.331. The highest BCUT2D eigenvalue weighted by Crippen LogP contribution is 2.14. The Morgan fingerprint density at radius 3 is 2.45 bits per heavy atom. The standard InChI is InChI=1S/C19H18N6O4/c1-12(14-5-7-15(8-6-14)25(27)28)21-23-19-20-18(26)17(22-24-19)11-13-3-9-16(29-2)10-4-13/h3-10H,11H2,1-2H3,(H2,20,23,24,26)/b21-12-. The minimum Gasteiger partial charge on any atom is -0.497 e. The van der Waals surface area contributed by atoms with Gasteiger partial charge in [-0.3, -0.25) is 19.9 Å². The maximum atomic E-state index is 12.2. The summed E-state index contributed by atoms with van der Waals surface area (Å²) in [5, 5.41) is 22.7. The lowest BCUT2D eigenvalue weighted by Crippen LogP contribution is -2.19. The number of H-pyrrole nitrogens is 1. The molecule has 3 rings (SSSR count). The Hall–Kier alpha value is -4.08. The molecule has 0 saturated carbocycles. The second kappa shape index (κ2) is 8.74. The third kappa shape index (κ3) is 5.01. The van der Waals surface area contributed by atoms with E-state index in [-0.39, 0.29) is 22.9 Å². The molecule has 0 spiro atoms. The number of nitrogens with zero attached hydrogens (tertiary/aromatic N) is 4. The Balaban J connectivity index is 1.68. The molecule has 10 heteroatoms. The van der Waals surface area contributed by atoms with Gasteiger partial charge in [-0.2, -0.15) is 5.10 Å². The second-order valence-corrected chi connectivity index (χ2v) is 6.09. The van der Waals surface area contributed by atoms with Gasteiger partial charge in [-0.25, -0.2) is 5.43 Å². The van der Waals surface area contributed by atoms with E-state index in [2.05, 4.69) is 25.7 Å². The van der Waals surface area contributed by atoms with Gasteiger partial charge in [0, 0.05) is 18.6 Å².